The first-order valence-electron chi connectivity index (χ1n) is 8.81. The van der Waals surface area contributed by atoms with Gasteiger partial charge in [0.2, 0.25) is 0 Å². The molecule has 0 atom stereocenters. The Morgan fingerprint density at radius 1 is 1.03 bits per heavy atom. The number of allylic oxidation sites excluding steroid dienone is 2. The zero-order valence-electron chi connectivity index (χ0n) is 15.6. The number of nitrogens with zero attached hydrogens (tertiary/aromatic N) is 2. The van der Waals surface area contributed by atoms with Gasteiger partial charge in [0, 0.05) is 0 Å². The van der Waals surface area contributed by atoms with Gasteiger partial charge in [-0.15, -0.1) is 0 Å². The van der Waals surface area contributed by atoms with E-state index in [1.807, 2.05) is 0 Å². The van der Waals surface area contributed by atoms with Crippen LogP contribution >= 0.6 is 0 Å². The van der Waals surface area contributed by atoms with Gasteiger partial charge in [0.05, 0.1) is 33.8 Å². The van der Waals surface area contributed by atoms with Gasteiger partial charge in [-0.25, -0.2) is 9.59 Å². The van der Waals surface area contributed by atoms with Gasteiger partial charge in [-0.2, -0.15) is 10.1 Å². The van der Waals surface area contributed by atoms with E-state index in [1.54, 1.807) is 25.1 Å². The van der Waals surface area contributed by atoms with Crippen LogP contribution < -0.4 is 15.1 Å². The third kappa shape index (κ3) is 3.39. The van der Waals surface area contributed by atoms with Gasteiger partial charge in [0.25, 0.3) is 5.91 Å². The third-order valence-corrected chi connectivity index (χ3v) is 4.53. The number of rotatable bonds is 4. The minimum absolute atomic E-state index is 0.113. The van der Waals surface area contributed by atoms with Gasteiger partial charge in [-0.05, 0) is 61.5 Å². The predicted octanol–water partition coefficient (Wildman–Crippen LogP) is 3.08. The number of carbonyl (C=O) groups is 3. The van der Waals surface area contributed by atoms with Crippen molar-refractivity contribution in [1.29, 1.82) is 0 Å². The van der Waals surface area contributed by atoms with Gasteiger partial charge in [0.15, 0.2) is 11.6 Å². The fourth-order valence-electron chi connectivity index (χ4n) is 2.99. The normalized spacial score (nSPS) is 17.6. The summed E-state index contributed by atoms with van der Waals surface area (Å²) in [6.45, 7) is 1.69. The zero-order valence-corrected chi connectivity index (χ0v) is 15.6. The molecule has 2 aromatic rings. The Morgan fingerprint density at radius 3 is 2.37 bits per heavy atom. The maximum absolute atomic E-state index is 12.7. The number of amides is 1. The summed E-state index contributed by atoms with van der Waals surface area (Å²) >= 11 is 0. The molecule has 0 saturated carbocycles. The van der Waals surface area contributed by atoms with Crippen LogP contribution in [0.3, 0.4) is 0 Å². The lowest BCUT2D eigenvalue weighted by atomic mass is 10.1. The van der Waals surface area contributed by atoms with E-state index in [-0.39, 0.29) is 17.0 Å². The fourth-order valence-corrected chi connectivity index (χ4v) is 2.99. The minimum atomic E-state index is -1.05. The Kier molecular flexibility index (Phi) is 4.55. The Balaban J connectivity index is 1.53. The van der Waals surface area contributed by atoms with E-state index in [0.29, 0.717) is 34.3 Å². The summed E-state index contributed by atoms with van der Waals surface area (Å²) in [5.41, 5.74) is 2.04. The summed E-state index contributed by atoms with van der Waals surface area (Å²) in [4.78, 5) is 34.8. The Bertz CT molecular complexity index is 1180. The lowest BCUT2D eigenvalue weighted by molar-refractivity contribution is -0.114. The van der Waals surface area contributed by atoms with Crippen molar-refractivity contribution in [2.24, 2.45) is 5.10 Å². The molecule has 0 aromatic heterocycles. The summed E-state index contributed by atoms with van der Waals surface area (Å²) < 4.78 is 5.61. The van der Waals surface area contributed by atoms with Gasteiger partial charge in [0.1, 0.15) is 0 Å². The van der Waals surface area contributed by atoms with Crippen LogP contribution in [0.5, 0.6) is 5.75 Å². The SMILES string of the molecule is CC1=NN(c2ccc(C(=O)O)cc2)C(=O)C1=CC=C1Nc2cc(C(=O)O)ccc2O1. The van der Waals surface area contributed by atoms with Gasteiger partial charge >= 0.3 is 11.9 Å². The van der Waals surface area contributed by atoms with E-state index >= 15 is 0 Å². The average Bonchev–Trinajstić information content (AvgIpc) is 3.25. The number of fused-ring (bicyclic) bond motifs is 1. The molecule has 3 N–H and O–H groups in total. The van der Waals surface area contributed by atoms with E-state index in [2.05, 4.69) is 10.4 Å². The van der Waals surface area contributed by atoms with Crippen LogP contribution in [0.2, 0.25) is 0 Å². The Hall–Kier alpha value is -4.40. The van der Waals surface area contributed by atoms with E-state index in [4.69, 9.17) is 14.9 Å². The molecule has 0 aliphatic carbocycles. The second-order valence-corrected chi connectivity index (χ2v) is 6.51. The first-order valence-corrected chi connectivity index (χ1v) is 8.81. The lowest BCUT2D eigenvalue weighted by Gasteiger charge is -2.11. The number of carboxylic acids is 2. The molecular weight excluding hydrogens is 390 g/mol. The van der Waals surface area contributed by atoms with Crippen molar-refractivity contribution in [2.45, 2.75) is 6.92 Å². The summed E-state index contributed by atoms with van der Waals surface area (Å²) in [6, 6.07) is 10.3. The first kappa shape index (κ1) is 18.9. The van der Waals surface area contributed by atoms with Gasteiger partial charge in [-0.1, -0.05) is 0 Å². The number of carboxylic acid groups (broad SMARTS) is 2. The van der Waals surface area contributed by atoms with Crippen LogP contribution in [0, 0.1) is 0 Å². The maximum atomic E-state index is 12.7. The Morgan fingerprint density at radius 2 is 1.70 bits per heavy atom. The largest absolute Gasteiger partial charge is 0.478 e. The molecule has 9 nitrogen and oxygen atoms in total. The van der Waals surface area contributed by atoms with E-state index in [1.165, 1.54) is 41.4 Å². The highest BCUT2D eigenvalue weighted by Crippen LogP contribution is 2.34. The van der Waals surface area contributed by atoms with Crippen molar-refractivity contribution in [3.8, 4) is 5.75 Å². The fraction of sp³-hybridized carbons (Fsp3) is 0.0476. The number of ether oxygens (including phenoxy) is 1. The first-order chi connectivity index (χ1) is 14.3. The number of hydrogen-bond donors (Lipinski definition) is 3. The van der Waals surface area contributed by atoms with E-state index in [9.17, 15) is 14.4 Å². The molecular formula is C21H15N3O6. The van der Waals surface area contributed by atoms with Crippen LogP contribution in [0.15, 0.2) is 71.2 Å². The molecule has 0 fully saturated rings. The highest BCUT2D eigenvalue weighted by Gasteiger charge is 2.28. The van der Waals surface area contributed by atoms with Crippen LogP contribution in [0.1, 0.15) is 27.6 Å². The molecule has 4 rings (SSSR count). The van der Waals surface area contributed by atoms with Crippen molar-refractivity contribution < 1.29 is 29.3 Å². The second kappa shape index (κ2) is 7.21. The quantitative estimate of drug-likeness (QED) is 0.667. The smallest absolute Gasteiger partial charge is 0.335 e. The molecule has 0 radical (unpaired) electrons. The van der Waals surface area contributed by atoms with E-state index < -0.39 is 11.9 Å². The molecule has 150 valence electrons. The Labute approximate surface area is 170 Å². The molecule has 0 spiro atoms. The maximum Gasteiger partial charge on any atom is 0.335 e. The van der Waals surface area contributed by atoms with E-state index in [0.717, 1.165) is 0 Å². The molecule has 0 unspecified atom stereocenters. The summed E-state index contributed by atoms with van der Waals surface area (Å²) in [5, 5.41) is 26.4. The van der Waals surface area contributed by atoms with Gasteiger partial charge < -0.3 is 20.3 Å². The monoisotopic (exact) mass is 405 g/mol. The number of hydrogen-bond acceptors (Lipinski definition) is 6. The predicted molar refractivity (Wildman–Crippen MR) is 108 cm³/mol. The molecule has 1 amide bonds. The number of carbonyl (C=O) groups excluding carboxylic acids is 1. The van der Waals surface area contributed by atoms with Crippen molar-refractivity contribution >= 4 is 34.9 Å². The van der Waals surface area contributed by atoms with Crippen molar-refractivity contribution in [1.82, 2.24) is 0 Å². The molecule has 30 heavy (non-hydrogen) atoms. The molecule has 2 aromatic carbocycles. The second-order valence-electron chi connectivity index (χ2n) is 6.51. The van der Waals surface area contributed by atoms with Crippen molar-refractivity contribution in [3.05, 3.63) is 77.2 Å². The third-order valence-electron chi connectivity index (χ3n) is 4.53. The number of benzene rings is 2. The molecule has 9 heteroatoms. The molecule has 0 bridgehead atoms. The van der Waals surface area contributed by atoms with Crippen molar-refractivity contribution in [2.75, 3.05) is 10.3 Å². The van der Waals surface area contributed by atoms with Crippen LogP contribution in [0.4, 0.5) is 11.4 Å². The van der Waals surface area contributed by atoms with Crippen LogP contribution in [-0.2, 0) is 4.79 Å². The summed E-state index contributed by atoms with van der Waals surface area (Å²) in [5.74, 6) is -1.64. The highest BCUT2D eigenvalue weighted by atomic mass is 16.5. The molecule has 0 saturated heterocycles. The summed E-state index contributed by atoms with van der Waals surface area (Å²) in [6.07, 6.45) is 3.11. The standard InChI is InChI=1S/C21H15N3O6/c1-11-15(19(25)24(23-11)14-5-2-12(3-6-14)20(26)27)7-9-18-22-16-10-13(21(28)29)4-8-17(16)30-18/h2-10,22H,1H3,(H,26,27)(H,28,29). The lowest BCUT2D eigenvalue weighted by Crippen LogP contribution is -2.21. The zero-order chi connectivity index (χ0) is 21.4. The number of hydrazone groups is 1. The number of aromatic carboxylic acids is 2. The minimum Gasteiger partial charge on any atom is -0.478 e. The summed E-state index contributed by atoms with van der Waals surface area (Å²) in [7, 11) is 0. The molecule has 2 aliphatic rings. The van der Waals surface area contributed by atoms with Gasteiger partial charge in [-0.3, -0.25) is 4.79 Å². The number of anilines is 2. The molecule has 2 heterocycles. The van der Waals surface area contributed by atoms with Crippen molar-refractivity contribution in [3.63, 3.8) is 0 Å². The molecule has 2 aliphatic heterocycles. The highest BCUT2D eigenvalue weighted by molar-refractivity contribution is 6.29. The van der Waals surface area contributed by atoms with Crippen LogP contribution in [-0.4, -0.2) is 33.8 Å². The average molecular weight is 405 g/mol. The van der Waals surface area contributed by atoms with Crippen LogP contribution in [0.25, 0.3) is 0 Å². The topological polar surface area (TPSA) is 129 Å². The number of nitrogens with one attached hydrogen (secondary N) is 1.